The molecule has 0 heterocycles. The molecule has 0 rings (SSSR count). The summed E-state index contributed by atoms with van der Waals surface area (Å²) in [5.41, 5.74) is 0. The van der Waals surface area contributed by atoms with Crippen LogP contribution < -0.4 is 0 Å². The summed E-state index contributed by atoms with van der Waals surface area (Å²) >= 11 is 0. The Labute approximate surface area is 467 Å². The predicted octanol–water partition coefficient (Wildman–Crippen LogP) is 21.2. The van der Waals surface area contributed by atoms with Gasteiger partial charge in [0.25, 0.3) is 0 Å². The van der Waals surface area contributed by atoms with Crippen LogP contribution in [0.2, 0.25) is 0 Å². The summed E-state index contributed by atoms with van der Waals surface area (Å²) in [6.07, 6.45) is 90.0. The van der Waals surface area contributed by atoms with Crippen LogP contribution in [-0.4, -0.2) is 37.2 Å². The minimum atomic E-state index is -0.806. The third-order valence-electron chi connectivity index (χ3n) is 12.6. The first-order chi connectivity index (χ1) is 37.5. The Morgan fingerprint density at radius 3 is 0.829 bits per heavy atom. The van der Waals surface area contributed by atoms with Crippen LogP contribution in [0.15, 0.2) is 146 Å². The summed E-state index contributed by atoms with van der Waals surface area (Å²) in [6, 6.07) is 0. The Morgan fingerprint density at radius 2 is 0.513 bits per heavy atom. The van der Waals surface area contributed by atoms with Crippen molar-refractivity contribution in [2.75, 3.05) is 13.2 Å². The van der Waals surface area contributed by atoms with Crippen LogP contribution in [-0.2, 0) is 28.6 Å². The standard InChI is InChI=1S/C70H112O6/c1-4-7-10-13-16-19-22-24-26-27-28-29-30-31-32-33-34-35-36-37-38-39-40-41-42-43-45-46-48-51-54-57-60-63-69(72)75-66-67(65-74-68(71)62-59-56-53-50-21-18-15-12-9-6-3)76-70(73)64-61-58-55-52-49-47-44-25-23-20-17-14-11-8-5-2/h7-8,10-11,16-17,19-20,24-26,28-29,31-32,34-35,37-38,40-41,44,49,52,67H,4-6,9,12-15,18,21-23,27,30,33,36,39,42-43,45-48,50-51,53-66H2,1-3H3/b10-7-,11-8-,19-16-,20-17-,26-24-,29-28-,32-31-,35-34-,38-37-,41-40-,44-25-,52-49-. The number of esters is 3. The molecule has 76 heavy (non-hydrogen) atoms. The molecule has 0 aromatic heterocycles. The number of unbranched alkanes of at least 4 members (excludes halogenated alkanes) is 19. The van der Waals surface area contributed by atoms with Gasteiger partial charge in [0, 0.05) is 19.3 Å². The average Bonchev–Trinajstić information content (AvgIpc) is 3.42. The van der Waals surface area contributed by atoms with E-state index in [9.17, 15) is 14.4 Å². The Balaban J connectivity index is 4.26. The number of carbonyl (C=O) groups is 3. The lowest BCUT2D eigenvalue weighted by Gasteiger charge is -2.18. The first-order valence-electron chi connectivity index (χ1n) is 30.8. The van der Waals surface area contributed by atoms with Gasteiger partial charge in [0.05, 0.1) is 0 Å². The Bertz CT molecular complexity index is 1680. The number of ether oxygens (including phenoxy) is 3. The average molecular weight is 1050 g/mol. The first-order valence-corrected chi connectivity index (χ1v) is 30.8. The lowest BCUT2D eigenvalue weighted by atomic mass is 10.1. The second-order valence-electron chi connectivity index (χ2n) is 19.9. The molecule has 0 amide bonds. The second kappa shape index (κ2) is 62.8. The van der Waals surface area contributed by atoms with E-state index in [1.165, 1.54) is 77.0 Å². The van der Waals surface area contributed by atoms with Gasteiger partial charge in [0.2, 0.25) is 0 Å². The fourth-order valence-electron chi connectivity index (χ4n) is 8.04. The molecule has 0 bridgehead atoms. The van der Waals surface area contributed by atoms with E-state index in [0.29, 0.717) is 19.3 Å². The summed E-state index contributed by atoms with van der Waals surface area (Å²) in [5.74, 6) is -0.955. The molecule has 0 saturated carbocycles. The first kappa shape index (κ1) is 71.3. The minimum Gasteiger partial charge on any atom is -0.462 e. The van der Waals surface area contributed by atoms with Gasteiger partial charge < -0.3 is 14.2 Å². The second-order valence-corrected chi connectivity index (χ2v) is 19.9. The smallest absolute Gasteiger partial charge is 0.306 e. The van der Waals surface area contributed by atoms with Crippen molar-refractivity contribution in [3.63, 3.8) is 0 Å². The molecule has 0 spiro atoms. The molecule has 1 unspecified atom stereocenters. The van der Waals surface area contributed by atoms with Gasteiger partial charge >= 0.3 is 17.9 Å². The summed E-state index contributed by atoms with van der Waals surface area (Å²) in [5, 5.41) is 0. The van der Waals surface area contributed by atoms with Gasteiger partial charge in [0.1, 0.15) is 13.2 Å². The maximum absolute atomic E-state index is 12.8. The SMILES string of the molecule is CC/C=C\C/C=C\C/C=C\C/C=C\C/C=C\C/C=C\C/C=C\C/C=C\CCCCCCCCCCC(=O)OCC(COC(=O)CCCCCCCCCCCC)OC(=O)CCCC/C=C\C/C=C\C/C=C\C/C=C\CC. The van der Waals surface area contributed by atoms with Crippen molar-refractivity contribution in [2.24, 2.45) is 0 Å². The molecule has 428 valence electrons. The van der Waals surface area contributed by atoms with Crippen molar-refractivity contribution in [3.8, 4) is 0 Å². The van der Waals surface area contributed by atoms with E-state index in [-0.39, 0.29) is 37.5 Å². The van der Waals surface area contributed by atoms with Crippen LogP contribution in [0.25, 0.3) is 0 Å². The van der Waals surface area contributed by atoms with E-state index in [0.717, 1.165) is 135 Å². The zero-order chi connectivity index (χ0) is 55.0. The molecule has 0 fully saturated rings. The van der Waals surface area contributed by atoms with E-state index < -0.39 is 6.10 Å². The lowest BCUT2D eigenvalue weighted by molar-refractivity contribution is -0.167. The molecular formula is C70H112O6. The summed E-state index contributed by atoms with van der Waals surface area (Å²) < 4.78 is 16.8. The van der Waals surface area contributed by atoms with Crippen molar-refractivity contribution in [2.45, 2.75) is 264 Å². The highest BCUT2D eigenvalue weighted by atomic mass is 16.6. The molecule has 6 nitrogen and oxygen atoms in total. The van der Waals surface area contributed by atoms with Crippen molar-refractivity contribution in [3.05, 3.63) is 146 Å². The van der Waals surface area contributed by atoms with Crippen LogP contribution in [0.1, 0.15) is 258 Å². The van der Waals surface area contributed by atoms with E-state index in [1.807, 2.05) is 0 Å². The summed E-state index contributed by atoms with van der Waals surface area (Å²) in [7, 11) is 0. The topological polar surface area (TPSA) is 78.9 Å². The van der Waals surface area contributed by atoms with Crippen LogP contribution in [0.3, 0.4) is 0 Å². The van der Waals surface area contributed by atoms with E-state index in [4.69, 9.17) is 14.2 Å². The van der Waals surface area contributed by atoms with Gasteiger partial charge in [-0.25, -0.2) is 0 Å². The lowest BCUT2D eigenvalue weighted by Crippen LogP contribution is -2.30. The number of hydrogen-bond acceptors (Lipinski definition) is 6. The van der Waals surface area contributed by atoms with Crippen LogP contribution in [0, 0.1) is 0 Å². The number of carbonyl (C=O) groups excluding carboxylic acids is 3. The van der Waals surface area contributed by atoms with Gasteiger partial charge in [-0.2, -0.15) is 0 Å². The molecule has 0 saturated heterocycles. The number of hydrogen-bond donors (Lipinski definition) is 0. The summed E-state index contributed by atoms with van der Waals surface area (Å²) in [4.78, 5) is 38.1. The molecule has 0 aliphatic heterocycles. The maximum Gasteiger partial charge on any atom is 0.306 e. The van der Waals surface area contributed by atoms with Gasteiger partial charge in [-0.3, -0.25) is 14.4 Å². The molecule has 0 radical (unpaired) electrons. The number of allylic oxidation sites excluding steroid dienone is 24. The third-order valence-corrected chi connectivity index (χ3v) is 12.6. The fraction of sp³-hybridized carbons (Fsp3) is 0.614. The molecule has 1 atom stereocenters. The van der Waals surface area contributed by atoms with E-state index >= 15 is 0 Å². The highest BCUT2D eigenvalue weighted by molar-refractivity contribution is 5.71. The minimum absolute atomic E-state index is 0.0997. The zero-order valence-electron chi connectivity index (χ0n) is 49.0. The van der Waals surface area contributed by atoms with Gasteiger partial charge in [-0.15, -0.1) is 0 Å². The van der Waals surface area contributed by atoms with E-state index in [2.05, 4.69) is 167 Å². The third kappa shape index (κ3) is 60.2. The zero-order valence-corrected chi connectivity index (χ0v) is 49.0. The van der Waals surface area contributed by atoms with Crippen LogP contribution >= 0.6 is 0 Å². The molecule has 0 aromatic rings. The Morgan fingerprint density at radius 1 is 0.276 bits per heavy atom. The van der Waals surface area contributed by atoms with Crippen molar-refractivity contribution < 1.29 is 28.6 Å². The molecule has 0 aromatic carbocycles. The van der Waals surface area contributed by atoms with Crippen molar-refractivity contribution >= 4 is 17.9 Å². The molecule has 6 heteroatoms. The van der Waals surface area contributed by atoms with Crippen LogP contribution in [0.4, 0.5) is 0 Å². The quantitative estimate of drug-likeness (QED) is 0.0261. The van der Waals surface area contributed by atoms with Crippen LogP contribution in [0.5, 0.6) is 0 Å². The largest absolute Gasteiger partial charge is 0.462 e. The molecule has 0 N–H and O–H groups in total. The fourth-order valence-corrected chi connectivity index (χ4v) is 8.04. The summed E-state index contributed by atoms with van der Waals surface area (Å²) in [6.45, 7) is 6.35. The van der Waals surface area contributed by atoms with Gasteiger partial charge in [-0.1, -0.05) is 263 Å². The number of rotatable bonds is 54. The molecule has 0 aliphatic carbocycles. The monoisotopic (exact) mass is 1050 g/mol. The van der Waals surface area contributed by atoms with Crippen molar-refractivity contribution in [1.29, 1.82) is 0 Å². The molecule has 0 aliphatic rings. The maximum atomic E-state index is 12.8. The highest BCUT2D eigenvalue weighted by Crippen LogP contribution is 2.14. The van der Waals surface area contributed by atoms with E-state index in [1.54, 1.807) is 0 Å². The van der Waals surface area contributed by atoms with Gasteiger partial charge in [-0.05, 0) is 122 Å². The predicted molar refractivity (Wildman–Crippen MR) is 329 cm³/mol. The normalized spacial score (nSPS) is 13.1. The molecular weight excluding hydrogens is 937 g/mol. The van der Waals surface area contributed by atoms with Gasteiger partial charge in [0.15, 0.2) is 6.10 Å². The van der Waals surface area contributed by atoms with Crippen molar-refractivity contribution in [1.82, 2.24) is 0 Å². The Kier molecular flexibility index (Phi) is 58.9. The highest BCUT2D eigenvalue weighted by Gasteiger charge is 2.19. The Hall–Kier alpha value is -4.71.